The summed E-state index contributed by atoms with van der Waals surface area (Å²) in [4.78, 5) is 15.0. The lowest BCUT2D eigenvalue weighted by molar-refractivity contribution is 0.0940. The van der Waals surface area contributed by atoms with Crippen LogP contribution in [0, 0.1) is 0 Å². The lowest BCUT2D eigenvalue weighted by atomic mass is 10.0. The summed E-state index contributed by atoms with van der Waals surface area (Å²) in [6.45, 7) is 0.188. The second kappa shape index (κ2) is 5.81. The molecule has 0 spiro atoms. The van der Waals surface area contributed by atoms with Crippen LogP contribution in [-0.4, -0.2) is 29.1 Å². The molecule has 0 fully saturated rings. The summed E-state index contributed by atoms with van der Waals surface area (Å²) >= 11 is 0. The van der Waals surface area contributed by atoms with Crippen LogP contribution in [0.5, 0.6) is 0 Å². The first-order chi connectivity index (χ1) is 10.3. The SMILES string of the molecule is O=C(NCCO)c1cc2cc(-c3ccccc3)ccc2[nH]1. The number of rotatable bonds is 4. The topological polar surface area (TPSA) is 65.1 Å². The third-order valence-electron chi connectivity index (χ3n) is 3.37. The predicted octanol–water partition coefficient (Wildman–Crippen LogP) is 2.56. The van der Waals surface area contributed by atoms with Crippen molar-refractivity contribution in [2.24, 2.45) is 0 Å². The van der Waals surface area contributed by atoms with Crippen LogP contribution in [-0.2, 0) is 0 Å². The van der Waals surface area contributed by atoms with Crippen molar-refractivity contribution in [1.29, 1.82) is 0 Å². The molecule has 0 atom stereocenters. The van der Waals surface area contributed by atoms with Crippen molar-refractivity contribution in [3.63, 3.8) is 0 Å². The summed E-state index contributed by atoms with van der Waals surface area (Å²) < 4.78 is 0. The Bertz CT molecular complexity index is 763. The van der Waals surface area contributed by atoms with Crippen LogP contribution in [0.2, 0.25) is 0 Å². The van der Waals surface area contributed by atoms with E-state index in [-0.39, 0.29) is 19.1 Å². The number of nitrogens with one attached hydrogen (secondary N) is 2. The minimum absolute atomic E-state index is 0.0654. The predicted molar refractivity (Wildman–Crippen MR) is 83.2 cm³/mol. The minimum atomic E-state index is -0.207. The summed E-state index contributed by atoms with van der Waals surface area (Å²) in [5.74, 6) is -0.207. The molecule has 1 heterocycles. The van der Waals surface area contributed by atoms with E-state index in [2.05, 4.69) is 28.5 Å². The number of aliphatic hydroxyl groups is 1. The van der Waals surface area contributed by atoms with Crippen molar-refractivity contribution < 1.29 is 9.90 Å². The van der Waals surface area contributed by atoms with E-state index in [9.17, 15) is 4.79 Å². The standard InChI is InChI=1S/C17H16N2O2/c20-9-8-18-17(21)16-11-14-10-13(6-7-15(14)19-16)12-4-2-1-3-5-12/h1-7,10-11,19-20H,8-9H2,(H,18,21). The van der Waals surface area contributed by atoms with Crippen LogP contribution in [0.1, 0.15) is 10.5 Å². The molecule has 0 unspecified atom stereocenters. The zero-order chi connectivity index (χ0) is 14.7. The third kappa shape index (κ3) is 2.80. The van der Waals surface area contributed by atoms with E-state index in [0.29, 0.717) is 5.69 Å². The van der Waals surface area contributed by atoms with Crippen LogP contribution < -0.4 is 5.32 Å². The highest BCUT2D eigenvalue weighted by Gasteiger charge is 2.09. The molecule has 1 amide bonds. The molecule has 0 bridgehead atoms. The van der Waals surface area contributed by atoms with Crippen molar-refractivity contribution in [3.8, 4) is 11.1 Å². The van der Waals surface area contributed by atoms with Crippen molar-refractivity contribution in [3.05, 3.63) is 60.3 Å². The second-order valence-electron chi connectivity index (χ2n) is 4.83. The van der Waals surface area contributed by atoms with Gasteiger partial charge in [0.2, 0.25) is 0 Å². The van der Waals surface area contributed by atoms with Gasteiger partial charge in [-0.3, -0.25) is 4.79 Å². The molecule has 106 valence electrons. The van der Waals surface area contributed by atoms with E-state index in [4.69, 9.17) is 5.11 Å². The first-order valence-electron chi connectivity index (χ1n) is 6.85. The largest absolute Gasteiger partial charge is 0.395 e. The van der Waals surface area contributed by atoms with Gasteiger partial charge in [0, 0.05) is 17.4 Å². The highest BCUT2D eigenvalue weighted by Crippen LogP contribution is 2.24. The molecule has 0 aliphatic rings. The molecule has 0 aliphatic heterocycles. The maximum Gasteiger partial charge on any atom is 0.267 e. The van der Waals surface area contributed by atoms with Gasteiger partial charge in [0.05, 0.1) is 6.61 Å². The van der Waals surface area contributed by atoms with E-state index >= 15 is 0 Å². The molecule has 0 saturated carbocycles. The molecule has 3 N–H and O–H groups in total. The number of H-pyrrole nitrogens is 1. The maximum atomic E-state index is 11.9. The van der Waals surface area contributed by atoms with Gasteiger partial charge in [0.1, 0.15) is 5.69 Å². The summed E-state index contributed by atoms with van der Waals surface area (Å²) in [5, 5.41) is 12.4. The normalized spacial score (nSPS) is 10.7. The summed E-state index contributed by atoms with van der Waals surface area (Å²) in [6.07, 6.45) is 0. The molecule has 0 aliphatic carbocycles. The van der Waals surface area contributed by atoms with Gasteiger partial charge in [0.25, 0.3) is 5.91 Å². The Hall–Kier alpha value is -2.59. The van der Waals surface area contributed by atoms with Gasteiger partial charge in [-0.1, -0.05) is 36.4 Å². The first kappa shape index (κ1) is 13.4. The van der Waals surface area contributed by atoms with Gasteiger partial charge in [-0.15, -0.1) is 0 Å². The molecule has 1 aromatic heterocycles. The van der Waals surface area contributed by atoms with Crippen LogP contribution in [0.4, 0.5) is 0 Å². The number of aromatic amines is 1. The molecule has 3 rings (SSSR count). The quantitative estimate of drug-likeness (QED) is 0.687. The first-order valence-corrected chi connectivity index (χ1v) is 6.85. The molecule has 4 heteroatoms. The van der Waals surface area contributed by atoms with Gasteiger partial charge < -0.3 is 15.4 Å². The number of hydrogen-bond donors (Lipinski definition) is 3. The Morgan fingerprint density at radius 3 is 2.62 bits per heavy atom. The van der Waals surface area contributed by atoms with Crippen molar-refractivity contribution in [2.45, 2.75) is 0 Å². The van der Waals surface area contributed by atoms with Gasteiger partial charge in [-0.05, 0) is 29.3 Å². The van der Waals surface area contributed by atoms with E-state index < -0.39 is 0 Å². The number of carbonyl (C=O) groups excluding carboxylic acids is 1. The Morgan fingerprint density at radius 1 is 1.05 bits per heavy atom. The molecular formula is C17H16N2O2. The highest BCUT2D eigenvalue weighted by molar-refractivity contribution is 5.98. The Labute approximate surface area is 122 Å². The fraction of sp³-hybridized carbons (Fsp3) is 0.118. The van der Waals surface area contributed by atoms with Crippen LogP contribution in [0.15, 0.2) is 54.6 Å². The number of amides is 1. The average Bonchev–Trinajstić information content (AvgIpc) is 2.96. The van der Waals surface area contributed by atoms with Crippen LogP contribution >= 0.6 is 0 Å². The van der Waals surface area contributed by atoms with E-state index in [1.807, 2.05) is 36.4 Å². The number of hydrogen-bond acceptors (Lipinski definition) is 2. The number of fused-ring (bicyclic) bond motifs is 1. The lowest BCUT2D eigenvalue weighted by Crippen LogP contribution is -2.26. The minimum Gasteiger partial charge on any atom is -0.395 e. The third-order valence-corrected chi connectivity index (χ3v) is 3.37. The fourth-order valence-corrected chi connectivity index (χ4v) is 2.33. The Balaban J connectivity index is 1.94. The van der Waals surface area contributed by atoms with E-state index in [1.54, 1.807) is 0 Å². The molecule has 3 aromatic rings. The highest BCUT2D eigenvalue weighted by atomic mass is 16.3. The molecule has 2 aromatic carbocycles. The van der Waals surface area contributed by atoms with E-state index in [1.165, 1.54) is 0 Å². The van der Waals surface area contributed by atoms with Gasteiger partial charge in [0.15, 0.2) is 0 Å². The summed E-state index contributed by atoms with van der Waals surface area (Å²) in [5.41, 5.74) is 3.68. The van der Waals surface area contributed by atoms with Gasteiger partial charge in [-0.25, -0.2) is 0 Å². The average molecular weight is 280 g/mol. The lowest BCUT2D eigenvalue weighted by Gasteiger charge is -2.00. The zero-order valence-electron chi connectivity index (χ0n) is 11.5. The smallest absolute Gasteiger partial charge is 0.267 e. The Kier molecular flexibility index (Phi) is 3.71. The monoisotopic (exact) mass is 280 g/mol. The number of carbonyl (C=O) groups is 1. The second-order valence-corrected chi connectivity index (χ2v) is 4.83. The van der Waals surface area contributed by atoms with Crippen LogP contribution in [0.3, 0.4) is 0 Å². The fourth-order valence-electron chi connectivity index (χ4n) is 2.33. The van der Waals surface area contributed by atoms with Crippen LogP contribution in [0.25, 0.3) is 22.0 Å². The van der Waals surface area contributed by atoms with Gasteiger partial charge >= 0.3 is 0 Å². The Morgan fingerprint density at radius 2 is 1.86 bits per heavy atom. The number of aliphatic hydroxyl groups excluding tert-OH is 1. The summed E-state index contributed by atoms with van der Waals surface area (Å²) in [6, 6.07) is 18.0. The van der Waals surface area contributed by atoms with Crippen molar-refractivity contribution in [2.75, 3.05) is 13.2 Å². The van der Waals surface area contributed by atoms with Gasteiger partial charge in [-0.2, -0.15) is 0 Å². The zero-order valence-corrected chi connectivity index (χ0v) is 11.5. The van der Waals surface area contributed by atoms with E-state index in [0.717, 1.165) is 22.0 Å². The number of aromatic nitrogens is 1. The molecule has 0 saturated heterocycles. The molecular weight excluding hydrogens is 264 g/mol. The molecule has 21 heavy (non-hydrogen) atoms. The summed E-state index contributed by atoms with van der Waals surface area (Å²) in [7, 11) is 0. The van der Waals surface area contributed by atoms with Crippen molar-refractivity contribution >= 4 is 16.8 Å². The van der Waals surface area contributed by atoms with Crippen molar-refractivity contribution in [1.82, 2.24) is 10.3 Å². The number of benzene rings is 2. The molecule has 4 nitrogen and oxygen atoms in total. The maximum absolute atomic E-state index is 11.9. The molecule has 0 radical (unpaired) electrons.